The van der Waals surface area contributed by atoms with E-state index in [1.807, 2.05) is 42.5 Å². The summed E-state index contributed by atoms with van der Waals surface area (Å²) in [5.41, 5.74) is 3.61. The van der Waals surface area contributed by atoms with Crippen LogP contribution in [0, 0.1) is 0 Å². The van der Waals surface area contributed by atoms with Crippen LogP contribution in [0.2, 0.25) is 0 Å². The van der Waals surface area contributed by atoms with Crippen molar-refractivity contribution >= 4 is 21.9 Å². The van der Waals surface area contributed by atoms with Gasteiger partial charge in [-0.2, -0.15) is 5.10 Å². The number of nitrogens with zero attached hydrogens (tertiary/aromatic N) is 2. The second-order valence-electron chi connectivity index (χ2n) is 5.22. The number of aromatic nitrogens is 4. The molecule has 2 aromatic heterocycles. The summed E-state index contributed by atoms with van der Waals surface area (Å²) in [6.07, 6.45) is 0. The Morgan fingerprint density at radius 3 is 2.87 bits per heavy atom. The van der Waals surface area contributed by atoms with Gasteiger partial charge in [0.2, 0.25) is 0 Å². The molecular formula is C17H16N4O2. The fourth-order valence-corrected chi connectivity index (χ4v) is 2.57. The Morgan fingerprint density at radius 1 is 1.04 bits per heavy atom. The molecule has 0 radical (unpaired) electrons. The number of hydrogen-bond acceptors (Lipinski definition) is 4. The molecular weight excluding hydrogens is 292 g/mol. The number of fused-ring (bicyclic) bond motifs is 2. The minimum Gasteiger partial charge on any atom is -0.491 e. The number of imidazole rings is 1. The first kappa shape index (κ1) is 13.8. The molecule has 0 fully saturated rings. The Hall–Kier alpha value is -2.86. The largest absolute Gasteiger partial charge is 0.491 e. The molecule has 0 aliphatic heterocycles. The maximum absolute atomic E-state index is 5.62. The fourth-order valence-electron chi connectivity index (χ4n) is 2.57. The van der Waals surface area contributed by atoms with Gasteiger partial charge in [0, 0.05) is 18.6 Å². The quantitative estimate of drug-likeness (QED) is 0.555. The standard InChI is InChI=1S/C17H16N4O2/c1-22-8-9-23-11-6-7-14-15(10-11)19-17(18-14)16-12-4-2-3-5-13(12)20-21-16/h2-7,10H,8-9H2,1H3,(H,18,19)(H,20,21). The third-order valence-electron chi connectivity index (χ3n) is 3.71. The minimum absolute atomic E-state index is 0.517. The molecule has 23 heavy (non-hydrogen) atoms. The first-order valence-electron chi connectivity index (χ1n) is 7.40. The molecule has 0 atom stereocenters. The number of nitrogens with one attached hydrogen (secondary N) is 2. The van der Waals surface area contributed by atoms with Crippen LogP contribution in [0.5, 0.6) is 5.75 Å². The normalized spacial score (nSPS) is 11.3. The average molecular weight is 308 g/mol. The van der Waals surface area contributed by atoms with Crippen LogP contribution < -0.4 is 4.74 Å². The molecule has 0 saturated carbocycles. The van der Waals surface area contributed by atoms with E-state index in [4.69, 9.17) is 9.47 Å². The number of para-hydroxylation sites is 1. The summed E-state index contributed by atoms with van der Waals surface area (Å²) < 4.78 is 10.6. The Kier molecular flexibility index (Phi) is 3.44. The van der Waals surface area contributed by atoms with E-state index in [0.29, 0.717) is 13.2 Å². The Labute approximate surface area is 132 Å². The van der Waals surface area contributed by atoms with Crippen molar-refractivity contribution in [1.29, 1.82) is 0 Å². The van der Waals surface area contributed by atoms with Crippen LogP contribution in [0.4, 0.5) is 0 Å². The van der Waals surface area contributed by atoms with Crippen LogP contribution in [-0.4, -0.2) is 40.5 Å². The number of methoxy groups -OCH3 is 1. The van der Waals surface area contributed by atoms with Gasteiger partial charge >= 0.3 is 0 Å². The predicted molar refractivity (Wildman–Crippen MR) is 88.6 cm³/mol. The Morgan fingerprint density at radius 2 is 1.96 bits per heavy atom. The van der Waals surface area contributed by atoms with Crippen molar-refractivity contribution in [2.45, 2.75) is 0 Å². The third-order valence-corrected chi connectivity index (χ3v) is 3.71. The lowest BCUT2D eigenvalue weighted by atomic mass is 10.2. The van der Waals surface area contributed by atoms with Gasteiger partial charge in [0.1, 0.15) is 18.1 Å². The van der Waals surface area contributed by atoms with Crippen molar-refractivity contribution in [3.8, 4) is 17.3 Å². The van der Waals surface area contributed by atoms with Gasteiger partial charge in [-0.25, -0.2) is 4.98 Å². The molecule has 0 aliphatic rings. The molecule has 0 amide bonds. The van der Waals surface area contributed by atoms with E-state index in [1.54, 1.807) is 7.11 Å². The van der Waals surface area contributed by atoms with Gasteiger partial charge in [-0.15, -0.1) is 0 Å². The van der Waals surface area contributed by atoms with Crippen molar-refractivity contribution in [2.24, 2.45) is 0 Å². The van der Waals surface area contributed by atoms with Crippen LogP contribution in [0.15, 0.2) is 42.5 Å². The van der Waals surface area contributed by atoms with E-state index in [9.17, 15) is 0 Å². The molecule has 2 aromatic carbocycles. The molecule has 4 rings (SSSR count). The van der Waals surface area contributed by atoms with Crippen molar-refractivity contribution < 1.29 is 9.47 Å². The third kappa shape index (κ3) is 2.53. The maximum Gasteiger partial charge on any atom is 0.159 e. The van der Waals surface area contributed by atoms with E-state index in [-0.39, 0.29) is 0 Å². The van der Waals surface area contributed by atoms with Gasteiger partial charge in [-0.1, -0.05) is 18.2 Å². The van der Waals surface area contributed by atoms with Crippen molar-refractivity contribution in [1.82, 2.24) is 20.2 Å². The van der Waals surface area contributed by atoms with Gasteiger partial charge in [0.25, 0.3) is 0 Å². The number of rotatable bonds is 5. The second kappa shape index (κ2) is 5.73. The van der Waals surface area contributed by atoms with Gasteiger partial charge in [-0.3, -0.25) is 5.10 Å². The molecule has 0 spiro atoms. The summed E-state index contributed by atoms with van der Waals surface area (Å²) in [7, 11) is 1.65. The molecule has 2 heterocycles. The number of ether oxygens (including phenoxy) is 2. The second-order valence-corrected chi connectivity index (χ2v) is 5.22. The number of benzene rings is 2. The summed E-state index contributed by atoms with van der Waals surface area (Å²) in [5, 5.41) is 8.45. The molecule has 0 bridgehead atoms. The zero-order chi connectivity index (χ0) is 15.6. The molecule has 0 saturated heterocycles. The van der Waals surface area contributed by atoms with Gasteiger partial charge in [0.05, 0.1) is 23.2 Å². The molecule has 116 valence electrons. The smallest absolute Gasteiger partial charge is 0.159 e. The summed E-state index contributed by atoms with van der Waals surface area (Å²) in [6.45, 7) is 1.08. The highest BCUT2D eigenvalue weighted by molar-refractivity contribution is 5.93. The van der Waals surface area contributed by atoms with E-state index >= 15 is 0 Å². The molecule has 4 aromatic rings. The first-order chi connectivity index (χ1) is 11.3. The molecule has 6 heteroatoms. The van der Waals surface area contributed by atoms with Crippen molar-refractivity contribution in [2.75, 3.05) is 20.3 Å². The summed E-state index contributed by atoms with van der Waals surface area (Å²) in [4.78, 5) is 7.96. The van der Waals surface area contributed by atoms with Gasteiger partial charge in [0.15, 0.2) is 5.82 Å². The average Bonchev–Trinajstić information content (AvgIpc) is 3.18. The summed E-state index contributed by atoms with van der Waals surface area (Å²) in [5.74, 6) is 1.52. The number of hydrogen-bond donors (Lipinski definition) is 2. The first-order valence-corrected chi connectivity index (χ1v) is 7.40. The SMILES string of the molecule is COCCOc1ccc2[nH]c(-c3n[nH]c4ccccc34)nc2c1. The molecule has 2 N–H and O–H groups in total. The van der Waals surface area contributed by atoms with Gasteiger partial charge < -0.3 is 14.5 Å². The number of aromatic amines is 2. The summed E-state index contributed by atoms with van der Waals surface area (Å²) >= 11 is 0. The van der Waals surface area contributed by atoms with Gasteiger partial charge in [-0.05, 0) is 18.2 Å². The topological polar surface area (TPSA) is 75.8 Å². The fraction of sp³-hybridized carbons (Fsp3) is 0.176. The lowest BCUT2D eigenvalue weighted by molar-refractivity contribution is 0.146. The van der Waals surface area contributed by atoms with E-state index in [0.717, 1.165) is 39.2 Å². The molecule has 6 nitrogen and oxygen atoms in total. The van der Waals surface area contributed by atoms with Crippen molar-refractivity contribution in [3.63, 3.8) is 0 Å². The van der Waals surface area contributed by atoms with Crippen LogP contribution in [0.25, 0.3) is 33.5 Å². The highest BCUT2D eigenvalue weighted by Crippen LogP contribution is 2.27. The lowest BCUT2D eigenvalue weighted by Gasteiger charge is -2.04. The van der Waals surface area contributed by atoms with Crippen LogP contribution in [0.3, 0.4) is 0 Å². The summed E-state index contributed by atoms with van der Waals surface area (Å²) in [6, 6.07) is 13.8. The Balaban J connectivity index is 1.71. The minimum atomic E-state index is 0.517. The van der Waals surface area contributed by atoms with E-state index in [1.165, 1.54) is 0 Å². The number of H-pyrrole nitrogens is 2. The predicted octanol–water partition coefficient (Wildman–Crippen LogP) is 3.13. The van der Waals surface area contributed by atoms with Crippen molar-refractivity contribution in [3.05, 3.63) is 42.5 Å². The zero-order valence-electron chi connectivity index (χ0n) is 12.7. The monoisotopic (exact) mass is 308 g/mol. The van der Waals surface area contributed by atoms with Crippen LogP contribution in [-0.2, 0) is 4.74 Å². The molecule has 0 aliphatic carbocycles. The van der Waals surface area contributed by atoms with Crippen LogP contribution in [0.1, 0.15) is 0 Å². The highest BCUT2D eigenvalue weighted by Gasteiger charge is 2.12. The lowest BCUT2D eigenvalue weighted by Crippen LogP contribution is -2.03. The molecule has 0 unspecified atom stereocenters. The Bertz CT molecular complexity index is 957. The highest BCUT2D eigenvalue weighted by atomic mass is 16.5. The van der Waals surface area contributed by atoms with Crippen LogP contribution >= 0.6 is 0 Å². The van der Waals surface area contributed by atoms with E-state index in [2.05, 4.69) is 20.2 Å². The zero-order valence-corrected chi connectivity index (χ0v) is 12.7. The maximum atomic E-state index is 5.62. The van der Waals surface area contributed by atoms with E-state index < -0.39 is 0 Å².